The van der Waals surface area contributed by atoms with E-state index in [0.717, 1.165) is 16.3 Å². The summed E-state index contributed by atoms with van der Waals surface area (Å²) in [6.07, 6.45) is 1.57. The van der Waals surface area contributed by atoms with Crippen molar-refractivity contribution in [3.05, 3.63) is 58.0 Å². The Kier molecular flexibility index (Phi) is 3.91. The van der Waals surface area contributed by atoms with Crippen molar-refractivity contribution in [2.45, 2.75) is 13.1 Å². The predicted molar refractivity (Wildman–Crippen MR) is 63.3 cm³/mol. The highest BCUT2D eigenvalue weighted by Crippen LogP contribution is 2.17. The second kappa shape index (κ2) is 5.42. The number of hydrogen-bond acceptors (Lipinski definition) is 2. The fourth-order valence-electron chi connectivity index (χ4n) is 1.43. The normalized spacial score (nSPS) is 10.8. The van der Waals surface area contributed by atoms with Gasteiger partial charge < -0.3 is 9.73 Å². The minimum atomic E-state index is -0.569. The van der Waals surface area contributed by atoms with E-state index in [1.807, 2.05) is 0 Å². The van der Waals surface area contributed by atoms with Crippen molar-refractivity contribution >= 4 is 15.9 Å². The van der Waals surface area contributed by atoms with Gasteiger partial charge in [0.25, 0.3) is 0 Å². The van der Waals surface area contributed by atoms with Crippen molar-refractivity contribution in [2.24, 2.45) is 0 Å². The molecule has 2 aromatic rings. The van der Waals surface area contributed by atoms with Crippen LogP contribution in [-0.2, 0) is 13.1 Å². The van der Waals surface area contributed by atoms with E-state index in [4.69, 9.17) is 4.42 Å². The summed E-state index contributed by atoms with van der Waals surface area (Å²) >= 11 is 3.32. The Hall–Kier alpha value is -1.20. The van der Waals surface area contributed by atoms with Gasteiger partial charge >= 0.3 is 0 Å². The molecule has 1 aromatic heterocycles. The van der Waals surface area contributed by atoms with Crippen molar-refractivity contribution in [3.8, 4) is 0 Å². The molecule has 0 aliphatic heterocycles. The van der Waals surface area contributed by atoms with Crippen molar-refractivity contribution in [2.75, 3.05) is 0 Å². The molecule has 0 bridgehead atoms. The molecule has 0 spiro atoms. The summed E-state index contributed by atoms with van der Waals surface area (Å²) in [5, 5.41) is 3.02. The Labute approximate surface area is 106 Å². The highest BCUT2D eigenvalue weighted by atomic mass is 79.9. The number of hydrogen-bond donors (Lipinski definition) is 1. The lowest BCUT2D eigenvalue weighted by Gasteiger charge is -2.05. The van der Waals surface area contributed by atoms with Crippen LogP contribution in [0.25, 0.3) is 0 Å². The summed E-state index contributed by atoms with van der Waals surface area (Å²) in [7, 11) is 0. The van der Waals surface area contributed by atoms with Crippen LogP contribution in [0.4, 0.5) is 8.78 Å². The molecular formula is C12H10BrF2NO. The average molecular weight is 302 g/mol. The van der Waals surface area contributed by atoms with Gasteiger partial charge in [0.2, 0.25) is 0 Å². The summed E-state index contributed by atoms with van der Waals surface area (Å²) in [6, 6.07) is 5.33. The van der Waals surface area contributed by atoms with Crippen molar-refractivity contribution in [1.82, 2.24) is 5.32 Å². The van der Waals surface area contributed by atoms with Crippen molar-refractivity contribution < 1.29 is 13.2 Å². The molecular weight excluding hydrogens is 292 g/mol. The molecule has 1 N–H and O–H groups in total. The lowest BCUT2D eigenvalue weighted by molar-refractivity contribution is 0.476. The molecule has 0 unspecified atom stereocenters. The predicted octanol–water partition coefficient (Wildman–Crippen LogP) is 3.61. The molecule has 1 aromatic carbocycles. The quantitative estimate of drug-likeness (QED) is 0.933. The Morgan fingerprint density at radius 2 is 2.00 bits per heavy atom. The highest BCUT2D eigenvalue weighted by molar-refractivity contribution is 9.10. The first-order valence-corrected chi connectivity index (χ1v) is 5.82. The fourth-order valence-corrected chi connectivity index (χ4v) is 1.77. The summed E-state index contributed by atoms with van der Waals surface area (Å²) in [6.45, 7) is 0.795. The third-order valence-electron chi connectivity index (χ3n) is 2.31. The van der Waals surface area contributed by atoms with E-state index >= 15 is 0 Å². The van der Waals surface area contributed by atoms with E-state index in [-0.39, 0.29) is 0 Å². The monoisotopic (exact) mass is 301 g/mol. The van der Waals surface area contributed by atoms with E-state index in [0.29, 0.717) is 18.7 Å². The largest absolute Gasteiger partial charge is 0.467 e. The van der Waals surface area contributed by atoms with Gasteiger partial charge in [0, 0.05) is 18.2 Å². The number of nitrogens with one attached hydrogen (secondary N) is 1. The van der Waals surface area contributed by atoms with Gasteiger partial charge in [0.05, 0.1) is 17.3 Å². The molecule has 2 nitrogen and oxygen atoms in total. The number of furan rings is 1. The Morgan fingerprint density at radius 3 is 2.65 bits per heavy atom. The van der Waals surface area contributed by atoms with E-state index in [9.17, 15) is 8.78 Å². The molecule has 0 aliphatic carbocycles. The molecule has 0 fully saturated rings. The van der Waals surface area contributed by atoms with E-state index in [1.54, 1.807) is 12.3 Å². The van der Waals surface area contributed by atoms with E-state index in [1.165, 1.54) is 12.1 Å². The second-order valence-corrected chi connectivity index (χ2v) is 4.39. The first-order valence-electron chi connectivity index (χ1n) is 5.03. The Balaban J connectivity index is 1.92. The first-order chi connectivity index (χ1) is 8.16. The minimum absolute atomic E-state index is 0.319. The van der Waals surface area contributed by atoms with Gasteiger partial charge in [-0.05, 0) is 28.1 Å². The molecule has 90 valence electrons. The van der Waals surface area contributed by atoms with Crippen LogP contribution < -0.4 is 5.32 Å². The van der Waals surface area contributed by atoms with Gasteiger partial charge in [0.1, 0.15) is 17.4 Å². The van der Waals surface area contributed by atoms with Crippen LogP contribution in [0.3, 0.4) is 0 Å². The maximum Gasteiger partial charge on any atom is 0.131 e. The maximum atomic E-state index is 13.3. The van der Waals surface area contributed by atoms with Gasteiger partial charge in [-0.1, -0.05) is 6.07 Å². The van der Waals surface area contributed by atoms with Crippen molar-refractivity contribution in [3.63, 3.8) is 0 Å². The zero-order chi connectivity index (χ0) is 12.3. The Bertz CT molecular complexity index is 513. The third-order valence-corrected chi connectivity index (χ3v) is 3.01. The second-order valence-electron chi connectivity index (χ2n) is 3.53. The van der Waals surface area contributed by atoms with Gasteiger partial charge in [-0.25, -0.2) is 8.78 Å². The molecule has 0 amide bonds. The maximum absolute atomic E-state index is 13.3. The van der Waals surface area contributed by atoms with Crippen LogP contribution in [0.5, 0.6) is 0 Å². The standard InChI is InChI=1S/C12H10BrF2NO/c13-10-3-4-17-12(10)7-16-6-8-1-2-9(14)5-11(8)15/h1-5,16H,6-7H2. The molecule has 1 heterocycles. The minimum Gasteiger partial charge on any atom is -0.467 e. The van der Waals surface area contributed by atoms with Crippen LogP contribution in [0.2, 0.25) is 0 Å². The lowest BCUT2D eigenvalue weighted by atomic mass is 10.2. The van der Waals surface area contributed by atoms with E-state index in [2.05, 4.69) is 21.2 Å². The number of rotatable bonds is 4. The summed E-state index contributed by atoms with van der Waals surface area (Å²) in [4.78, 5) is 0. The smallest absolute Gasteiger partial charge is 0.131 e. The van der Waals surface area contributed by atoms with Crippen LogP contribution in [0, 0.1) is 11.6 Å². The highest BCUT2D eigenvalue weighted by Gasteiger charge is 2.05. The van der Waals surface area contributed by atoms with Gasteiger partial charge in [0.15, 0.2) is 0 Å². The van der Waals surface area contributed by atoms with E-state index < -0.39 is 11.6 Å². The molecule has 5 heteroatoms. The SMILES string of the molecule is Fc1ccc(CNCc2occc2Br)c(F)c1. The van der Waals surface area contributed by atoms with Gasteiger partial charge in [-0.3, -0.25) is 0 Å². The zero-order valence-electron chi connectivity index (χ0n) is 8.84. The number of benzene rings is 1. The molecule has 0 saturated heterocycles. The average Bonchev–Trinajstić information content (AvgIpc) is 2.68. The summed E-state index contributed by atoms with van der Waals surface area (Å²) in [5.74, 6) is -0.372. The zero-order valence-corrected chi connectivity index (χ0v) is 10.4. The van der Waals surface area contributed by atoms with Crippen molar-refractivity contribution in [1.29, 1.82) is 0 Å². The summed E-state index contributed by atoms with van der Waals surface area (Å²) in [5.41, 5.74) is 0.425. The van der Waals surface area contributed by atoms with Crippen LogP contribution in [-0.4, -0.2) is 0 Å². The Morgan fingerprint density at radius 1 is 1.18 bits per heavy atom. The number of halogens is 3. The molecule has 0 radical (unpaired) electrons. The summed E-state index contributed by atoms with van der Waals surface area (Å²) < 4.78 is 32.0. The first kappa shape index (κ1) is 12.3. The van der Waals surface area contributed by atoms with Crippen LogP contribution in [0.15, 0.2) is 39.4 Å². The molecule has 0 aliphatic rings. The van der Waals surface area contributed by atoms with Gasteiger partial charge in [-0.2, -0.15) is 0 Å². The topological polar surface area (TPSA) is 25.2 Å². The fraction of sp³-hybridized carbons (Fsp3) is 0.167. The van der Waals surface area contributed by atoms with Gasteiger partial charge in [-0.15, -0.1) is 0 Å². The van der Waals surface area contributed by atoms with Crippen LogP contribution in [0.1, 0.15) is 11.3 Å². The molecule has 17 heavy (non-hydrogen) atoms. The third kappa shape index (κ3) is 3.14. The molecule has 0 atom stereocenters. The lowest BCUT2D eigenvalue weighted by Crippen LogP contribution is -2.13. The van der Waals surface area contributed by atoms with Crippen LogP contribution >= 0.6 is 15.9 Å². The molecule has 2 rings (SSSR count). The molecule has 0 saturated carbocycles.